The van der Waals surface area contributed by atoms with Gasteiger partial charge in [-0.3, -0.25) is 4.79 Å². The molecule has 0 saturated heterocycles. The molecule has 0 radical (unpaired) electrons. The topological polar surface area (TPSA) is 45.2 Å². The molecule has 1 aliphatic rings. The van der Waals surface area contributed by atoms with Crippen molar-refractivity contribution in [1.29, 1.82) is 0 Å². The fourth-order valence-corrected chi connectivity index (χ4v) is 2.67. The Hall–Kier alpha value is -2.10. The molecule has 104 valence electrons. The molecule has 0 spiro atoms. The average molecular weight is 269 g/mol. The van der Waals surface area contributed by atoms with E-state index in [-0.39, 0.29) is 5.91 Å². The fraction of sp³-hybridized carbons (Fsp3) is 0.375. The number of hydrogen-bond acceptors (Lipinski definition) is 3. The van der Waals surface area contributed by atoms with Crippen LogP contribution in [0.5, 0.6) is 0 Å². The third-order valence-corrected chi connectivity index (χ3v) is 3.85. The van der Waals surface area contributed by atoms with E-state index < -0.39 is 0 Å². The molecule has 1 amide bonds. The van der Waals surface area contributed by atoms with Gasteiger partial charge in [0.2, 0.25) is 0 Å². The van der Waals surface area contributed by atoms with Gasteiger partial charge in [-0.15, -0.1) is 0 Å². The highest BCUT2D eigenvalue weighted by Gasteiger charge is 2.32. The molecule has 0 unspecified atom stereocenters. The lowest BCUT2D eigenvalue weighted by atomic mass is 10.1. The average Bonchev–Trinajstić information content (AvgIpc) is 3.31. The Bertz CT molecular complexity index is 649. The smallest absolute Gasteiger partial charge is 0.256 e. The minimum Gasteiger partial charge on any atom is -0.373 e. The maximum absolute atomic E-state index is 12.7. The van der Waals surface area contributed by atoms with Crippen molar-refractivity contribution in [3.8, 4) is 0 Å². The summed E-state index contributed by atoms with van der Waals surface area (Å²) in [5.74, 6) is 0.910. The number of carbonyl (C=O) groups excluding carboxylic acids is 1. The molecule has 0 aliphatic heterocycles. The van der Waals surface area contributed by atoms with Crippen molar-refractivity contribution >= 4 is 22.5 Å². The van der Waals surface area contributed by atoms with Crippen LogP contribution in [0.4, 0.5) is 5.82 Å². The highest BCUT2D eigenvalue weighted by atomic mass is 16.2. The van der Waals surface area contributed by atoms with Gasteiger partial charge in [0.15, 0.2) is 0 Å². The van der Waals surface area contributed by atoms with E-state index >= 15 is 0 Å². The number of aromatic nitrogens is 1. The predicted octanol–water partition coefficient (Wildman–Crippen LogP) is 2.90. The minimum absolute atomic E-state index is 0.0985. The van der Waals surface area contributed by atoms with E-state index in [1.54, 1.807) is 6.20 Å². The lowest BCUT2D eigenvalue weighted by molar-refractivity contribution is 0.0754. The highest BCUT2D eigenvalue weighted by molar-refractivity contribution is 6.09. The normalized spacial score (nSPS) is 14.3. The van der Waals surface area contributed by atoms with Gasteiger partial charge in [0.05, 0.1) is 5.56 Å². The van der Waals surface area contributed by atoms with Crippen LogP contribution in [-0.4, -0.2) is 35.4 Å². The Labute approximate surface area is 118 Å². The Morgan fingerprint density at radius 1 is 1.35 bits per heavy atom. The number of nitrogens with zero attached hydrogens (tertiary/aromatic N) is 2. The number of anilines is 1. The molecule has 0 atom stereocenters. The molecule has 4 heteroatoms. The number of benzene rings is 1. The van der Waals surface area contributed by atoms with Gasteiger partial charge in [0.25, 0.3) is 5.91 Å². The van der Waals surface area contributed by atoms with Gasteiger partial charge in [-0.2, -0.15) is 0 Å². The molecule has 1 aromatic carbocycles. The predicted molar refractivity (Wildman–Crippen MR) is 81.0 cm³/mol. The first-order valence-electron chi connectivity index (χ1n) is 7.12. The first-order chi connectivity index (χ1) is 9.76. The molecule has 1 aliphatic carbocycles. The summed E-state index contributed by atoms with van der Waals surface area (Å²) in [5, 5.41) is 5.04. The molecular formula is C16H19N3O. The standard InChI is InChI=1S/C16H19N3O/c1-3-19(11-8-9-11)16(20)14-10-18-15(17-2)13-7-5-4-6-12(13)14/h4-7,10-11H,3,8-9H2,1-2H3,(H,17,18). The Kier molecular flexibility index (Phi) is 3.30. The molecule has 20 heavy (non-hydrogen) atoms. The molecule has 3 rings (SSSR count). The second-order valence-corrected chi connectivity index (χ2v) is 5.14. The van der Waals surface area contributed by atoms with E-state index in [0.29, 0.717) is 11.6 Å². The van der Waals surface area contributed by atoms with Crippen molar-refractivity contribution in [2.75, 3.05) is 18.9 Å². The lowest BCUT2D eigenvalue weighted by Crippen LogP contribution is -2.33. The first-order valence-corrected chi connectivity index (χ1v) is 7.12. The zero-order valence-electron chi connectivity index (χ0n) is 11.9. The number of nitrogens with one attached hydrogen (secondary N) is 1. The SMILES string of the molecule is CCN(C(=O)c1cnc(NC)c2ccccc12)C1CC1. The molecule has 0 bridgehead atoms. The summed E-state index contributed by atoms with van der Waals surface area (Å²) in [5.41, 5.74) is 0.702. The van der Waals surface area contributed by atoms with E-state index in [4.69, 9.17) is 0 Å². The van der Waals surface area contributed by atoms with Crippen LogP contribution in [0.15, 0.2) is 30.5 Å². The van der Waals surface area contributed by atoms with E-state index in [2.05, 4.69) is 10.3 Å². The number of carbonyl (C=O) groups is 1. The molecule has 1 saturated carbocycles. The first kappa shape index (κ1) is 12.9. The van der Waals surface area contributed by atoms with Crippen LogP contribution >= 0.6 is 0 Å². The molecule has 1 heterocycles. The van der Waals surface area contributed by atoms with Crippen molar-refractivity contribution in [2.24, 2.45) is 0 Å². The summed E-state index contributed by atoms with van der Waals surface area (Å²) in [6, 6.07) is 8.35. The summed E-state index contributed by atoms with van der Waals surface area (Å²) >= 11 is 0. The maximum Gasteiger partial charge on any atom is 0.256 e. The van der Waals surface area contributed by atoms with Gasteiger partial charge in [-0.25, -0.2) is 4.98 Å². The van der Waals surface area contributed by atoms with Crippen molar-refractivity contribution < 1.29 is 4.79 Å². The molecule has 1 N–H and O–H groups in total. The van der Waals surface area contributed by atoms with Crippen LogP contribution in [0.1, 0.15) is 30.1 Å². The number of pyridine rings is 1. The Morgan fingerprint density at radius 3 is 2.65 bits per heavy atom. The molecular weight excluding hydrogens is 250 g/mol. The number of fused-ring (bicyclic) bond motifs is 1. The van der Waals surface area contributed by atoms with Gasteiger partial charge < -0.3 is 10.2 Å². The molecule has 4 nitrogen and oxygen atoms in total. The van der Waals surface area contributed by atoms with Crippen molar-refractivity contribution in [3.05, 3.63) is 36.0 Å². The van der Waals surface area contributed by atoms with Gasteiger partial charge in [0.1, 0.15) is 5.82 Å². The second-order valence-electron chi connectivity index (χ2n) is 5.14. The molecule has 1 aromatic heterocycles. The Morgan fingerprint density at radius 2 is 2.05 bits per heavy atom. The van der Waals surface area contributed by atoms with Crippen molar-refractivity contribution in [3.63, 3.8) is 0 Å². The number of rotatable bonds is 4. The number of hydrogen-bond donors (Lipinski definition) is 1. The third-order valence-electron chi connectivity index (χ3n) is 3.85. The third kappa shape index (κ3) is 2.11. The molecule has 1 fully saturated rings. The van der Waals surface area contributed by atoms with Gasteiger partial charge in [-0.05, 0) is 25.2 Å². The fourth-order valence-electron chi connectivity index (χ4n) is 2.67. The maximum atomic E-state index is 12.7. The van der Waals surface area contributed by atoms with E-state index in [0.717, 1.165) is 36.0 Å². The van der Waals surface area contributed by atoms with Crippen molar-refractivity contribution in [1.82, 2.24) is 9.88 Å². The van der Waals surface area contributed by atoms with Crippen LogP contribution in [0.2, 0.25) is 0 Å². The van der Waals surface area contributed by atoms with E-state index in [1.165, 1.54) is 0 Å². The van der Waals surface area contributed by atoms with Crippen LogP contribution in [-0.2, 0) is 0 Å². The summed E-state index contributed by atoms with van der Waals surface area (Å²) < 4.78 is 0. The minimum atomic E-state index is 0.0985. The van der Waals surface area contributed by atoms with Gasteiger partial charge in [-0.1, -0.05) is 24.3 Å². The van der Waals surface area contributed by atoms with Crippen molar-refractivity contribution in [2.45, 2.75) is 25.8 Å². The van der Waals surface area contributed by atoms with Gasteiger partial charge in [0, 0.05) is 31.2 Å². The highest BCUT2D eigenvalue weighted by Crippen LogP contribution is 2.30. The zero-order chi connectivity index (χ0) is 14.1. The summed E-state index contributed by atoms with van der Waals surface area (Å²) in [7, 11) is 1.85. The quantitative estimate of drug-likeness (QED) is 0.928. The van der Waals surface area contributed by atoms with E-state index in [9.17, 15) is 4.79 Å². The largest absolute Gasteiger partial charge is 0.373 e. The lowest BCUT2D eigenvalue weighted by Gasteiger charge is -2.21. The second kappa shape index (κ2) is 5.12. The Balaban J connectivity index is 2.09. The van der Waals surface area contributed by atoms with Crippen LogP contribution in [0.25, 0.3) is 10.8 Å². The van der Waals surface area contributed by atoms with Crippen LogP contribution in [0, 0.1) is 0 Å². The van der Waals surface area contributed by atoms with Crippen LogP contribution in [0.3, 0.4) is 0 Å². The number of amides is 1. The summed E-state index contributed by atoms with van der Waals surface area (Å²) in [4.78, 5) is 19.1. The van der Waals surface area contributed by atoms with Crippen LogP contribution < -0.4 is 5.32 Å². The molecule has 2 aromatic rings. The monoisotopic (exact) mass is 269 g/mol. The summed E-state index contributed by atoms with van der Waals surface area (Å²) in [6.45, 7) is 2.79. The van der Waals surface area contributed by atoms with E-state index in [1.807, 2.05) is 43.1 Å². The zero-order valence-corrected chi connectivity index (χ0v) is 11.9. The summed E-state index contributed by atoms with van der Waals surface area (Å²) in [6.07, 6.45) is 3.95. The van der Waals surface area contributed by atoms with Gasteiger partial charge >= 0.3 is 0 Å².